The van der Waals surface area contributed by atoms with Gasteiger partial charge >= 0.3 is 0 Å². The summed E-state index contributed by atoms with van der Waals surface area (Å²) in [4.78, 5) is 14.6. The van der Waals surface area contributed by atoms with Crippen molar-refractivity contribution in [3.63, 3.8) is 0 Å². The molecule has 0 spiro atoms. The summed E-state index contributed by atoms with van der Waals surface area (Å²) in [7, 11) is 1.64. The number of halogens is 3. The van der Waals surface area contributed by atoms with Crippen molar-refractivity contribution in [1.29, 1.82) is 0 Å². The maximum absolute atomic E-state index is 13.7. The van der Waals surface area contributed by atoms with Gasteiger partial charge in [0.15, 0.2) is 0 Å². The topological polar surface area (TPSA) is 20.3 Å². The molecule has 6 heteroatoms. The van der Waals surface area contributed by atoms with Gasteiger partial charge in [-0.3, -0.25) is 4.79 Å². The molecular formula is C13H10BrClFNOS. The number of hydrogen-bond donors (Lipinski definition) is 0. The molecule has 0 aliphatic carbocycles. The second-order valence-corrected chi connectivity index (χ2v) is 6.36. The van der Waals surface area contributed by atoms with Crippen LogP contribution in [0.15, 0.2) is 34.1 Å². The predicted octanol–water partition coefficient (Wildman–Crippen LogP) is 4.58. The van der Waals surface area contributed by atoms with Gasteiger partial charge < -0.3 is 4.90 Å². The molecule has 19 heavy (non-hydrogen) atoms. The number of thiophene rings is 1. The van der Waals surface area contributed by atoms with Gasteiger partial charge in [0.05, 0.1) is 12.1 Å². The second-order valence-electron chi connectivity index (χ2n) is 4.02. The average molecular weight is 363 g/mol. The fourth-order valence-electron chi connectivity index (χ4n) is 1.61. The van der Waals surface area contributed by atoms with E-state index in [0.717, 1.165) is 15.4 Å². The molecule has 0 saturated heterocycles. The lowest BCUT2D eigenvalue weighted by Crippen LogP contribution is -2.26. The zero-order valence-corrected chi connectivity index (χ0v) is 13.1. The molecule has 1 aromatic carbocycles. The van der Waals surface area contributed by atoms with Crippen LogP contribution >= 0.6 is 38.9 Å². The fourth-order valence-corrected chi connectivity index (χ4v) is 3.27. The van der Waals surface area contributed by atoms with Gasteiger partial charge in [-0.25, -0.2) is 4.39 Å². The number of amides is 1. The quantitative estimate of drug-likeness (QED) is 0.783. The Balaban J connectivity index is 2.14. The first-order chi connectivity index (χ1) is 8.97. The van der Waals surface area contributed by atoms with E-state index in [4.69, 9.17) is 11.6 Å². The summed E-state index contributed by atoms with van der Waals surface area (Å²) < 4.78 is 14.6. The van der Waals surface area contributed by atoms with Crippen LogP contribution in [0.2, 0.25) is 5.02 Å². The van der Waals surface area contributed by atoms with Gasteiger partial charge in [0.25, 0.3) is 5.91 Å². The Morgan fingerprint density at radius 1 is 1.47 bits per heavy atom. The summed E-state index contributed by atoms with van der Waals surface area (Å²) in [6.45, 7) is 0.442. The fraction of sp³-hybridized carbons (Fsp3) is 0.154. The average Bonchev–Trinajstić information content (AvgIpc) is 2.74. The van der Waals surface area contributed by atoms with Gasteiger partial charge in [0.2, 0.25) is 0 Å². The summed E-state index contributed by atoms with van der Waals surface area (Å²) in [6.07, 6.45) is 0. The van der Waals surface area contributed by atoms with Crippen LogP contribution in [0.5, 0.6) is 0 Å². The van der Waals surface area contributed by atoms with E-state index in [1.807, 2.05) is 11.4 Å². The Hall–Kier alpha value is -0.910. The second kappa shape index (κ2) is 6.03. The molecule has 0 atom stereocenters. The molecular weight excluding hydrogens is 353 g/mol. The molecule has 0 aliphatic heterocycles. The van der Waals surface area contributed by atoms with E-state index in [9.17, 15) is 9.18 Å². The number of hydrogen-bond acceptors (Lipinski definition) is 2. The summed E-state index contributed by atoms with van der Waals surface area (Å²) in [6, 6.07) is 5.99. The highest BCUT2D eigenvalue weighted by molar-refractivity contribution is 9.10. The normalized spacial score (nSPS) is 10.5. The first kappa shape index (κ1) is 14.5. The van der Waals surface area contributed by atoms with Crippen LogP contribution in [0.3, 0.4) is 0 Å². The number of benzene rings is 1. The molecule has 2 rings (SSSR count). The van der Waals surface area contributed by atoms with Gasteiger partial charge in [-0.15, -0.1) is 11.3 Å². The van der Waals surface area contributed by atoms with Crippen LogP contribution in [0.1, 0.15) is 15.2 Å². The van der Waals surface area contributed by atoms with Crippen LogP contribution in [0.25, 0.3) is 0 Å². The van der Waals surface area contributed by atoms with Gasteiger partial charge in [-0.1, -0.05) is 11.6 Å². The molecule has 1 amide bonds. The lowest BCUT2D eigenvalue weighted by atomic mass is 10.2. The summed E-state index contributed by atoms with van der Waals surface area (Å²) >= 11 is 10.6. The summed E-state index contributed by atoms with van der Waals surface area (Å²) in [5.74, 6) is -0.963. The molecule has 0 N–H and O–H groups in total. The summed E-state index contributed by atoms with van der Waals surface area (Å²) in [5.41, 5.74) is 0.0301. The Bertz CT molecular complexity index is 616. The first-order valence-electron chi connectivity index (χ1n) is 5.41. The Morgan fingerprint density at radius 3 is 2.79 bits per heavy atom. The minimum absolute atomic E-state index is 0.0301. The van der Waals surface area contributed by atoms with E-state index < -0.39 is 5.82 Å². The van der Waals surface area contributed by atoms with Gasteiger partial charge in [-0.2, -0.15) is 0 Å². The highest BCUT2D eigenvalue weighted by atomic mass is 79.9. The molecule has 1 aromatic heterocycles. The number of nitrogens with zero attached hydrogens (tertiary/aromatic N) is 1. The van der Waals surface area contributed by atoms with E-state index in [1.165, 1.54) is 17.0 Å². The highest BCUT2D eigenvalue weighted by Gasteiger charge is 2.17. The zero-order valence-electron chi connectivity index (χ0n) is 9.99. The molecule has 0 saturated carbocycles. The third-order valence-electron chi connectivity index (χ3n) is 2.52. The van der Waals surface area contributed by atoms with E-state index >= 15 is 0 Å². The minimum Gasteiger partial charge on any atom is -0.336 e. The predicted molar refractivity (Wildman–Crippen MR) is 79.2 cm³/mol. The maximum atomic E-state index is 13.7. The van der Waals surface area contributed by atoms with Crippen LogP contribution in [0, 0.1) is 5.82 Å². The van der Waals surface area contributed by atoms with Crippen LogP contribution < -0.4 is 0 Å². The third-order valence-corrected chi connectivity index (χ3v) is 4.44. The Morgan fingerprint density at radius 2 is 2.21 bits per heavy atom. The minimum atomic E-state index is -0.600. The van der Waals surface area contributed by atoms with Gasteiger partial charge in [0.1, 0.15) is 5.82 Å². The summed E-state index contributed by atoms with van der Waals surface area (Å²) in [5, 5.41) is 2.22. The van der Waals surface area contributed by atoms with Crippen molar-refractivity contribution >= 4 is 44.8 Å². The smallest absolute Gasteiger partial charge is 0.256 e. The van der Waals surface area contributed by atoms with Crippen LogP contribution in [0.4, 0.5) is 4.39 Å². The zero-order chi connectivity index (χ0) is 14.0. The standard InChI is InChI=1S/C13H10BrClFNOS/c1-17(6-10-4-8(14)7-19-10)13(18)11-3-2-9(15)5-12(11)16/h2-5,7H,6H2,1H3. The lowest BCUT2D eigenvalue weighted by Gasteiger charge is -2.16. The van der Waals surface area contributed by atoms with Crippen molar-refractivity contribution in [3.8, 4) is 0 Å². The molecule has 0 bridgehead atoms. The Kier molecular flexibility index (Phi) is 4.60. The molecule has 2 aromatic rings. The van der Waals surface area contributed by atoms with Crippen molar-refractivity contribution in [2.24, 2.45) is 0 Å². The van der Waals surface area contributed by atoms with Gasteiger partial charge in [0, 0.05) is 26.8 Å². The van der Waals surface area contributed by atoms with Crippen LogP contribution in [-0.4, -0.2) is 17.9 Å². The SMILES string of the molecule is CN(Cc1cc(Br)cs1)C(=O)c1ccc(Cl)cc1F. The van der Waals surface area contributed by atoms with Crippen molar-refractivity contribution in [1.82, 2.24) is 4.90 Å². The number of carbonyl (C=O) groups excluding carboxylic acids is 1. The highest BCUT2D eigenvalue weighted by Crippen LogP contribution is 2.22. The molecule has 0 fully saturated rings. The number of rotatable bonds is 3. The van der Waals surface area contributed by atoms with Gasteiger partial charge in [-0.05, 0) is 40.2 Å². The van der Waals surface area contributed by atoms with Crippen molar-refractivity contribution < 1.29 is 9.18 Å². The molecule has 1 heterocycles. The van der Waals surface area contributed by atoms with Crippen LogP contribution in [-0.2, 0) is 6.54 Å². The first-order valence-corrected chi connectivity index (χ1v) is 7.46. The van der Waals surface area contributed by atoms with Crippen molar-refractivity contribution in [2.75, 3.05) is 7.05 Å². The van der Waals surface area contributed by atoms with E-state index in [1.54, 1.807) is 18.4 Å². The Labute approximate surface area is 127 Å². The molecule has 100 valence electrons. The molecule has 0 aliphatic rings. The van der Waals surface area contributed by atoms with Crippen molar-refractivity contribution in [2.45, 2.75) is 6.54 Å². The van der Waals surface area contributed by atoms with E-state index in [0.29, 0.717) is 6.54 Å². The monoisotopic (exact) mass is 361 g/mol. The molecule has 0 unspecified atom stereocenters. The maximum Gasteiger partial charge on any atom is 0.256 e. The van der Waals surface area contributed by atoms with Crippen molar-refractivity contribution in [3.05, 3.63) is 55.4 Å². The molecule has 2 nitrogen and oxygen atoms in total. The number of carbonyl (C=O) groups is 1. The van der Waals surface area contributed by atoms with E-state index in [-0.39, 0.29) is 16.5 Å². The van der Waals surface area contributed by atoms with E-state index in [2.05, 4.69) is 15.9 Å². The largest absolute Gasteiger partial charge is 0.336 e. The lowest BCUT2D eigenvalue weighted by molar-refractivity contribution is 0.0782. The molecule has 0 radical (unpaired) electrons. The third kappa shape index (κ3) is 3.55.